The molecule has 0 aromatic rings. The fourth-order valence-corrected chi connectivity index (χ4v) is 2.44. The molecule has 0 radical (unpaired) electrons. The Balaban J connectivity index is 2.18. The van der Waals surface area contributed by atoms with Crippen LogP contribution in [-0.4, -0.2) is 14.4 Å². The van der Waals surface area contributed by atoms with Crippen LogP contribution in [0.1, 0.15) is 19.8 Å². The molecule has 0 aliphatic heterocycles. The molecular formula is C8H18OSi. The zero-order valence-corrected chi connectivity index (χ0v) is 8.48. The standard InChI is InChI=1S/C8H18OSi/c1-5-7-6-8(7)9-10(2,3)4/h7-8H,5-6H2,1-4H3. The molecule has 2 atom stereocenters. The lowest BCUT2D eigenvalue weighted by Crippen LogP contribution is -2.26. The average molecular weight is 158 g/mol. The van der Waals surface area contributed by atoms with Gasteiger partial charge in [0, 0.05) is 6.10 Å². The Hall–Kier alpha value is 0.177. The second kappa shape index (κ2) is 2.66. The fraction of sp³-hybridized carbons (Fsp3) is 1.00. The summed E-state index contributed by atoms with van der Waals surface area (Å²) in [4.78, 5) is 0. The van der Waals surface area contributed by atoms with Crippen molar-refractivity contribution in [3.05, 3.63) is 0 Å². The van der Waals surface area contributed by atoms with Gasteiger partial charge >= 0.3 is 0 Å². The van der Waals surface area contributed by atoms with Crippen molar-refractivity contribution in [2.45, 2.75) is 45.5 Å². The zero-order valence-electron chi connectivity index (χ0n) is 7.48. The van der Waals surface area contributed by atoms with Crippen LogP contribution in [0.15, 0.2) is 0 Å². The Morgan fingerprint density at radius 1 is 1.40 bits per heavy atom. The van der Waals surface area contributed by atoms with Gasteiger partial charge in [-0.15, -0.1) is 0 Å². The third-order valence-corrected chi connectivity index (χ3v) is 2.90. The molecule has 2 unspecified atom stereocenters. The van der Waals surface area contributed by atoms with Gasteiger partial charge in [0.05, 0.1) is 0 Å². The van der Waals surface area contributed by atoms with Crippen molar-refractivity contribution in [2.75, 3.05) is 0 Å². The molecule has 1 saturated carbocycles. The molecule has 1 aliphatic rings. The van der Waals surface area contributed by atoms with Gasteiger partial charge in [0.1, 0.15) is 0 Å². The maximum Gasteiger partial charge on any atom is 0.184 e. The molecule has 60 valence electrons. The van der Waals surface area contributed by atoms with E-state index in [1.807, 2.05) is 0 Å². The predicted octanol–water partition coefficient (Wildman–Crippen LogP) is 2.64. The van der Waals surface area contributed by atoms with Gasteiger partial charge in [-0.3, -0.25) is 0 Å². The summed E-state index contributed by atoms with van der Waals surface area (Å²) in [5.41, 5.74) is 0. The molecule has 0 bridgehead atoms. The minimum atomic E-state index is -1.22. The monoisotopic (exact) mass is 158 g/mol. The minimum absolute atomic E-state index is 0.636. The molecule has 1 nitrogen and oxygen atoms in total. The van der Waals surface area contributed by atoms with Crippen LogP contribution in [0.4, 0.5) is 0 Å². The van der Waals surface area contributed by atoms with Crippen molar-refractivity contribution >= 4 is 8.32 Å². The Morgan fingerprint density at radius 2 is 2.00 bits per heavy atom. The number of hydrogen-bond acceptors (Lipinski definition) is 1. The van der Waals surface area contributed by atoms with Gasteiger partial charge in [-0.05, 0) is 32.0 Å². The van der Waals surface area contributed by atoms with E-state index in [0.717, 1.165) is 5.92 Å². The van der Waals surface area contributed by atoms with E-state index in [2.05, 4.69) is 26.6 Å². The second-order valence-electron chi connectivity index (χ2n) is 4.17. The topological polar surface area (TPSA) is 9.23 Å². The molecule has 10 heavy (non-hydrogen) atoms. The molecule has 0 heterocycles. The lowest BCUT2D eigenvalue weighted by Gasteiger charge is -2.16. The highest BCUT2D eigenvalue weighted by molar-refractivity contribution is 6.69. The van der Waals surface area contributed by atoms with Crippen LogP contribution in [-0.2, 0) is 4.43 Å². The predicted molar refractivity (Wildman–Crippen MR) is 46.6 cm³/mol. The molecule has 1 aliphatic carbocycles. The summed E-state index contributed by atoms with van der Waals surface area (Å²) in [6, 6.07) is 0. The van der Waals surface area contributed by atoms with Crippen molar-refractivity contribution in [3.63, 3.8) is 0 Å². The van der Waals surface area contributed by atoms with Gasteiger partial charge in [-0.1, -0.05) is 13.3 Å². The first-order valence-electron chi connectivity index (χ1n) is 4.21. The molecule has 2 heteroatoms. The molecule has 0 N–H and O–H groups in total. The molecule has 1 rings (SSSR count). The van der Waals surface area contributed by atoms with E-state index in [-0.39, 0.29) is 0 Å². The van der Waals surface area contributed by atoms with E-state index >= 15 is 0 Å². The highest BCUT2D eigenvalue weighted by atomic mass is 28.4. The van der Waals surface area contributed by atoms with Crippen molar-refractivity contribution in [1.82, 2.24) is 0 Å². The first-order chi connectivity index (χ1) is 4.53. The van der Waals surface area contributed by atoms with Crippen LogP contribution < -0.4 is 0 Å². The Bertz CT molecular complexity index is 117. The summed E-state index contributed by atoms with van der Waals surface area (Å²) in [6.07, 6.45) is 3.26. The average Bonchev–Trinajstić information content (AvgIpc) is 2.42. The molecule has 0 aromatic heterocycles. The summed E-state index contributed by atoms with van der Waals surface area (Å²) in [5.74, 6) is 0.895. The molecular weight excluding hydrogens is 140 g/mol. The van der Waals surface area contributed by atoms with Crippen LogP contribution in [0.5, 0.6) is 0 Å². The third-order valence-electron chi connectivity index (χ3n) is 1.89. The van der Waals surface area contributed by atoms with Crippen LogP contribution >= 0.6 is 0 Å². The molecule has 0 saturated heterocycles. The van der Waals surface area contributed by atoms with E-state index in [9.17, 15) is 0 Å². The molecule has 0 aromatic carbocycles. The van der Waals surface area contributed by atoms with Gasteiger partial charge in [-0.25, -0.2) is 0 Å². The smallest absolute Gasteiger partial charge is 0.184 e. The van der Waals surface area contributed by atoms with Gasteiger partial charge in [0.15, 0.2) is 8.32 Å². The normalized spacial score (nSPS) is 32.4. The van der Waals surface area contributed by atoms with Crippen molar-refractivity contribution < 1.29 is 4.43 Å². The van der Waals surface area contributed by atoms with E-state index in [0.29, 0.717) is 6.10 Å². The van der Waals surface area contributed by atoms with Crippen LogP contribution in [0.3, 0.4) is 0 Å². The second-order valence-corrected chi connectivity index (χ2v) is 8.63. The lowest BCUT2D eigenvalue weighted by atomic mass is 10.3. The number of hydrogen-bond donors (Lipinski definition) is 0. The molecule has 1 fully saturated rings. The van der Waals surface area contributed by atoms with Crippen LogP contribution in [0.2, 0.25) is 19.6 Å². The third kappa shape index (κ3) is 2.43. The summed E-state index contributed by atoms with van der Waals surface area (Å²) >= 11 is 0. The summed E-state index contributed by atoms with van der Waals surface area (Å²) in [5, 5.41) is 0. The highest BCUT2D eigenvalue weighted by Crippen LogP contribution is 2.38. The Morgan fingerprint density at radius 3 is 2.30 bits per heavy atom. The first kappa shape index (κ1) is 8.28. The summed E-state index contributed by atoms with van der Waals surface area (Å²) in [7, 11) is -1.22. The zero-order chi connectivity index (χ0) is 7.78. The van der Waals surface area contributed by atoms with E-state index in [1.165, 1.54) is 12.8 Å². The largest absolute Gasteiger partial charge is 0.414 e. The highest BCUT2D eigenvalue weighted by Gasteiger charge is 2.39. The van der Waals surface area contributed by atoms with Crippen LogP contribution in [0, 0.1) is 5.92 Å². The maximum atomic E-state index is 5.89. The van der Waals surface area contributed by atoms with Crippen molar-refractivity contribution in [3.8, 4) is 0 Å². The van der Waals surface area contributed by atoms with E-state index in [1.54, 1.807) is 0 Å². The van der Waals surface area contributed by atoms with E-state index in [4.69, 9.17) is 4.43 Å². The van der Waals surface area contributed by atoms with Gasteiger partial charge in [0.25, 0.3) is 0 Å². The molecule has 0 spiro atoms. The minimum Gasteiger partial charge on any atom is -0.414 e. The summed E-state index contributed by atoms with van der Waals surface area (Å²) in [6.45, 7) is 9.03. The Labute approximate surface area is 64.9 Å². The van der Waals surface area contributed by atoms with Gasteiger partial charge < -0.3 is 4.43 Å². The van der Waals surface area contributed by atoms with Crippen molar-refractivity contribution in [1.29, 1.82) is 0 Å². The van der Waals surface area contributed by atoms with Crippen LogP contribution in [0.25, 0.3) is 0 Å². The molecule has 0 amide bonds. The SMILES string of the molecule is CCC1CC1O[Si](C)(C)C. The fourth-order valence-electron chi connectivity index (χ4n) is 1.25. The van der Waals surface area contributed by atoms with Gasteiger partial charge in [-0.2, -0.15) is 0 Å². The summed E-state index contributed by atoms with van der Waals surface area (Å²) < 4.78 is 5.89. The van der Waals surface area contributed by atoms with Crippen molar-refractivity contribution in [2.24, 2.45) is 5.92 Å². The lowest BCUT2D eigenvalue weighted by molar-refractivity contribution is 0.276. The quantitative estimate of drug-likeness (QED) is 0.574. The maximum absolute atomic E-state index is 5.89. The number of rotatable bonds is 3. The van der Waals surface area contributed by atoms with Gasteiger partial charge in [0.2, 0.25) is 0 Å². The first-order valence-corrected chi connectivity index (χ1v) is 7.61. The van der Waals surface area contributed by atoms with E-state index < -0.39 is 8.32 Å². The Kier molecular flexibility index (Phi) is 2.20.